The summed E-state index contributed by atoms with van der Waals surface area (Å²) in [5.41, 5.74) is 1.13. The Labute approximate surface area is 161 Å². The number of nitrogens with zero attached hydrogens (tertiary/aromatic N) is 4. The molecule has 0 aliphatic heterocycles. The van der Waals surface area contributed by atoms with Crippen molar-refractivity contribution in [2.45, 2.75) is 32.2 Å². The third-order valence-corrected chi connectivity index (χ3v) is 6.96. The largest absolute Gasteiger partial charge is 0.379 e. The summed E-state index contributed by atoms with van der Waals surface area (Å²) in [5, 5.41) is 8.05. The molecular formula is C17H21N5O3S2. The van der Waals surface area contributed by atoms with E-state index in [1.54, 1.807) is 24.3 Å². The third kappa shape index (κ3) is 4.02. The number of benzene rings is 1. The molecule has 0 aliphatic carbocycles. The quantitative estimate of drug-likeness (QED) is 0.644. The van der Waals surface area contributed by atoms with Gasteiger partial charge in [0.05, 0.1) is 17.1 Å². The van der Waals surface area contributed by atoms with Crippen LogP contribution in [-0.4, -0.2) is 40.4 Å². The topological polar surface area (TPSA) is 96.7 Å². The smallest absolute Gasteiger partial charge is 0.275 e. The van der Waals surface area contributed by atoms with Gasteiger partial charge >= 0.3 is 0 Å². The van der Waals surface area contributed by atoms with Gasteiger partial charge in [-0.3, -0.25) is 4.79 Å². The molecule has 0 bridgehead atoms. The molecule has 2 heterocycles. The molecule has 0 amide bonds. The van der Waals surface area contributed by atoms with Crippen LogP contribution in [0.4, 0.5) is 5.69 Å². The summed E-state index contributed by atoms with van der Waals surface area (Å²) in [4.78, 5) is 17.3. The lowest BCUT2D eigenvalue weighted by Crippen LogP contribution is -2.30. The fraction of sp³-hybridized carbons (Fsp3) is 0.353. The van der Waals surface area contributed by atoms with Gasteiger partial charge in [-0.15, -0.1) is 0 Å². The summed E-state index contributed by atoms with van der Waals surface area (Å²) in [5.74, 6) is 0. The van der Waals surface area contributed by atoms with Crippen molar-refractivity contribution < 1.29 is 8.42 Å². The first kappa shape index (κ1) is 19.5. The molecule has 27 heavy (non-hydrogen) atoms. The Morgan fingerprint density at radius 2 is 1.85 bits per heavy atom. The molecule has 3 aromatic rings. The minimum absolute atomic E-state index is 0.221. The highest BCUT2D eigenvalue weighted by molar-refractivity contribution is 7.89. The van der Waals surface area contributed by atoms with E-state index in [2.05, 4.69) is 15.4 Å². The van der Waals surface area contributed by atoms with Crippen LogP contribution in [-0.2, 0) is 16.6 Å². The summed E-state index contributed by atoms with van der Waals surface area (Å²) < 4.78 is 27.7. The monoisotopic (exact) mass is 407 g/mol. The molecule has 0 saturated heterocycles. The van der Waals surface area contributed by atoms with Gasteiger partial charge in [0.15, 0.2) is 0 Å². The highest BCUT2D eigenvalue weighted by atomic mass is 32.2. The van der Waals surface area contributed by atoms with E-state index in [9.17, 15) is 13.2 Å². The standard InChI is InChI=1S/C17H21N5O3S2/c1-4-21(5-2)27(24,25)15-8-6-13(7-9-15)18-11-14-10-16(23)22-17(19-14)26-12(3)20-22/h6-10,18H,4-5,11H2,1-3H3. The zero-order valence-corrected chi connectivity index (χ0v) is 17.0. The highest BCUT2D eigenvalue weighted by Crippen LogP contribution is 2.18. The van der Waals surface area contributed by atoms with Gasteiger partial charge in [-0.2, -0.15) is 13.9 Å². The van der Waals surface area contributed by atoms with Gasteiger partial charge in [0.1, 0.15) is 5.01 Å². The second-order valence-electron chi connectivity index (χ2n) is 5.87. The van der Waals surface area contributed by atoms with E-state index < -0.39 is 10.0 Å². The van der Waals surface area contributed by atoms with E-state index >= 15 is 0 Å². The van der Waals surface area contributed by atoms with Crippen molar-refractivity contribution in [1.82, 2.24) is 18.9 Å². The normalized spacial score (nSPS) is 12.0. The number of anilines is 1. The molecule has 0 radical (unpaired) electrons. The second-order valence-corrected chi connectivity index (χ2v) is 8.97. The van der Waals surface area contributed by atoms with Crippen molar-refractivity contribution in [2.24, 2.45) is 0 Å². The lowest BCUT2D eigenvalue weighted by Gasteiger charge is -2.18. The lowest BCUT2D eigenvalue weighted by atomic mass is 10.3. The molecule has 8 nitrogen and oxygen atoms in total. The van der Waals surface area contributed by atoms with Crippen LogP contribution in [0.2, 0.25) is 0 Å². The van der Waals surface area contributed by atoms with Crippen molar-refractivity contribution in [2.75, 3.05) is 18.4 Å². The lowest BCUT2D eigenvalue weighted by molar-refractivity contribution is 0.445. The van der Waals surface area contributed by atoms with Crippen molar-refractivity contribution in [3.63, 3.8) is 0 Å². The summed E-state index contributed by atoms with van der Waals surface area (Å²) in [6, 6.07) is 8.01. The molecule has 1 N–H and O–H groups in total. The molecule has 2 aromatic heterocycles. The number of fused-ring (bicyclic) bond motifs is 1. The van der Waals surface area contributed by atoms with Gasteiger partial charge in [0, 0.05) is 24.8 Å². The van der Waals surface area contributed by atoms with E-state index in [0.717, 1.165) is 10.7 Å². The zero-order chi connectivity index (χ0) is 19.6. The number of nitrogens with one attached hydrogen (secondary N) is 1. The number of hydrogen-bond donors (Lipinski definition) is 1. The van der Waals surface area contributed by atoms with Gasteiger partial charge < -0.3 is 5.32 Å². The van der Waals surface area contributed by atoms with Gasteiger partial charge in [-0.25, -0.2) is 13.4 Å². The Morgan fingerprint density at radius 3 is 2.48 bits per heavy atom. The average Bonchev–Trinajstić information content (AvgIpc) is 3.02. The molecule has 1 aromatic carbocycles. The van der Waals surface area contributed by atoms with Crippen LogP contribution in [0.15, 0.2) is 40.0 Å². The Hall–Kier alpha value is -2.30. The molecule has 0 aliphatic rings. The van der Waals surface area contributed by atoms with Gasteiger partial charge in [-0.05, 0) is 31.2 Å². The molecule has 144 valence electrons. The average molecular weight is 408 g/mol. The van der Waals surface area contributed by atoms with Crippen LogP contribution in [0.3, 0.4) is 0 Å². The minimum atomic E-state index is -3.47. The second kappa shape index (κ2) is 7.75. The maximum Gasteiger partial charge on any atom is 0.275 e. The number of sulfonamides is 1. The van der Waals surface area contributed by atoms with Crippen LogP contribution in [0, 0.1) is 6.92 Å². The van der Waals surface area contributed by atoms with Gasteiger partial charge in [0.25, 0.3) is 5.56 Å². The fourth-order valence-electron chi connectivity index (χ4n) is 2.69. The van der Waals surface area contributed by atoms with Crippen molar-refractivity contribution in [3.8, 4) is 0 Å². The van der Waals surface area contributed by atoms with Crippen LogP contribution in [0.25, 0.3) is 4.96 Å². The van der Waals surface area contributed by atoms with E-state index in [-0.39, 0.29) is 10.5 Å². The molecule has 0 spiro atoms. The SMILES string of the molecule is CCN(CC)S(=O)(=O)c1ccc(NCc2cc(=O)n3nc(C)sc3n2)cc1. The van der Waals surface area contributed by atoms with Crippen molar-refractivity contribution in [3.05, 3.63) is 51.4 Å². The van der Waals surface area contributed by atoms with E-state index in [1.807, 2.05) is 20.8 Å². The first-order valence-corrected chi connectivity index (χ1v) is 10.8. The van der Waals surface area contributed by atoms with Crippen LogP contribution >= 0.6 is 11.3 Å². The Kier molecular flexibility index (Phi) is 5.59. The molecule has 0 unspecified atom stereocenters. The number of aromatic nitrogens is 3. The molecule has 0 atom stereocenters. The maximum atomic E-state index is 12.5. The first-order chi connectivity index (χ1) is 12.8. The van der Waals surface area contributed by atoms with Crippen molar-refractivity contribution in [1.29, 1.82) is 0 Å². The Morgan fingerprint density at radius 1 is 1.19 bits per heavy atom. The van der Waals surface area contributed by atoms with Gasteiger partial charge in [0.2, 0.25) is 15.0 Å². The van der Waals surface area contributed by atoms with Crippen LogP contribution in [0.5, 0.6) is 0 Å². The van der Waals surface area contributed by atoms with E-state index in [0.29, 0.717) is 30.3 Å². The number of aryl methyl sites for hydroxylation is 1. The molecule has 0 saturated carbocycles. The predicted molar refractivity (Wildman–Crippen MR) is 106 cm³/mol. The molecule has 3 rings (SSSR count). The molecule has 10 heteroatoms. The minimum Gasteiger partial charge on any atom is -0.379 e. The Bertz CT molecular complexity index is 1100. The summed E-state index contributed by atoms with van der Waals surface area (Å²) in [6.45, 7) is 6.66. The summed E-state index contributed by atoms with van der Waals surface area (Å²) >= 11 is 1.36. The Balaban J connectivity index is 1.75. The summed E-state index contributed by atoms with van der Waals surface area (Å²) in [7, 11) is -3.47. The van der Waals surface area contributed by atoms with E-state index in [1.165, 1.54) is 26.2 Å². The van der Waals surface area contributed by atoms with E-state index in [4.69, 9.17) is 0 Å². The third-order valence-electron chi connectivity index (χ3n) is 4.07. The van der Waals surface area contributed by atoms with Crippen LogP contribution in [0.1, 0.15) is 24.5 Å². The number of rotatable bonds is 7. The maximum absolute atomic E-state index is 12.5. The molecule has 0 fully saturated rings. The first-order valence-electron chi connectivity index (χ1n) is 8.55. The highest BCUT2D eigenvalue weighted by Gasteiger charge is 2.21. The van der Waals surface area contributed by atoms with Gasteiger partial charge in [-0.1, -0.05) is 25.2 Å². The predicted octanol–water partition coefficient (Wildman–Crippen LogP) is 2.10. The number of hydrogen-bond acceptors (Lipinski definition) is 7. The summed E-state index contributed by atoms with van der Waals surface area (Å²) in [6.07, 6.45) is 0. The van der Waals surface area contributed by atoms with Crippen LogP contribution < -0.4 is 10.9 Å². The zero-order valence-electron chi connectivity index (χ0n) is 15.3. The van der Waals surface area contributed by atoms with Crippen molar-refractivity contribution >= 4 is 32.0 Å². The molecular weight excluding hydrogens is 386 g/mol. The fourth-order valence-corrected chi connectivity index (χ4v) is 4.92.